The van der Waals surface area contributed by atoms with Crippen molar-refractivity contribution in [3.05, 3.63) is 0 Å². The van der Waals surface area contributed by atoms with Crippen molar-refractivity contribution < 1.29 is 0 Å². The summed E-state index contributed by atoms with van der Waals surface area (Å²) < 4.78 is 0. The van der Waals surface area contributed by atoms with Gasteiger partial charge in [0.1, 0.15) is 0 Å². The topological polar surface area (TPSA) is 0 Å². The summed E-state index contributed by atoms with van der Waals surface area (Å²) in [6.07, 6.45) is 10.7. The molecule has 0 aromatic carbocycles. The summed E-state index contributed by atoms with van der Waals surface area (Å²) in [7, 11) is 0. The minimum atomic E-state index is 0.998. The first-order chi connectivity index (χ1) is 6.27. The van der Waals surface area contributed by atoms with E-state index in [-0.39, 0.29) is 0 Å². The lowest BCUT2D eigenvalue weighted by Gasteiger charge is -2.35. The van der Waals surface area contributed by atoms with Crippen LogP contribution in [-0.2, 0) is 0 Å². The van der Waals surface area contributed by atoms with Crippen molar-refractivity contribution >= 4 is 0 Å². The first kappa shape index (κ1) is 9.55. The van der Waals surface area contributed by atoms with E-state index in [0.29, 0.717) is 0 Å². The predicted octanol–water partition coefficient (Wildman–Crippen LogP) is 4.25. The lowest BCUT2D eigenvalue weighted by Crippen LogP contribution is -2.25. The van der Waals surface area contributed by atoms with Gasteiger partial charge in [-0.25, -0.2) is 0 Å². The van der Waals surface area contributed by atoms with Crippen LogP contribution in [0.4, 0.5) is 0 Å². The maximum atomic E-state index is 2.46. The summed E-state index contributed by atoms with van der Waals surface area (Å²) in [5.74, 6) is 4.22. The molecule has 0 aliphatic heterocycles. The van der Waals surface area contributed by atoms with Crippen LogP contribution in [0.3, 0.4) is 0 Å². The van der Waals surface area contributed by atoms with E-state index in [1.165, 1.54) is 32.1 Å². The third kappa shape index (κ3) is 2.08. The zero-order chi connectivity index (χ0) is 9.26. The average molecular weight is 180 g/mol. The van der Waals surface area contributed by atoms with Crippen LogP contribution in [0.5, 0.6) is 0 Å². The van der Waals surface area contributed by atoms with Gasteiger partial charge in [0, 0.05) is 0 Å². The van der Waals surface area contributed by atoms with Gasteiger partial charge in [-0.15, -0.1) is 0 Å². The highest BCUT2D eigenvalue weighted by Gasteiger charge is 2.31. The molecule has 0 nitrogen and oxygen atoms in total. The molecule has 3 atom stereocenters. The number of rotatable bonds is 1. The molecule has 76 valence electrons. The highest BCUT2D eigenvalue weighted by Crippen LogP contribution is 2.42. The lowest BCUT2D eigenvalue weighted by atomic mass is 9.71. The van der Waals surface area contributed by atoms with Crippen LogP contribution >= 0.6 is 0 Å². The van der Waals surface area contributed by atoms with Crippen LogP contribution in [0.25, 0.3) is 0 Å². The third-order valence-electron chi connectivity index (χ3n) is 4.71. The summed E-state index contributed by atoms with van der Waals surface area (Å²) >= 11 is 0. The van der Waals surface area contributed by atoms with Crippen LogP contribution < -0.4 is 0 Å². The number of hydrogen-bond donors (Lipinski definition) is 0. The first-order valence-electron chi connectivity index (χ1n) is 6.27. The van der Waals surface area contributed by atoms with Crippen molar-refractivity contribution in [3.8, 4) is 0 Å². The lowest BCUT2D eigenvalue weighted by molar-refractivity contribution is 0.158. The van der Waals surface area contributed by atoms with Gasteiger partial charge in [0.15, 0.2) is 0 Å². The standard InChI is InChI=1S/C13H24/c1-10-7-8-13(9-11(10)2)12-5-3-4-6-12/h10-13H,3-9H2,1-2H3. The summed E-state index contributed by atoms with van der Waals surface area (Å²) in [6, 6.07) is 0. The SMILES string of the molecule is CC1CCC(C2CCCC2)CC1C. The Balaban J connectivity index is 1.87. The third-order valence-corrected chi connectivity index (χ3v) is 4.71. The van der Waals surface area contributed by atoms with Gasteiger partial charge in [0.25, 0.3) is 0 Å². The zero-order valence-corrected chi connectivity index (χ0v) is 9.26. The second-order valence-corrected chi connectivity index (χ2v) is 5.57. The molecule has 0 saturated heterocycles. The Kier molecular flexibility index (Phi) is 2.96. The maximum Gasteiger partial charge on any atom is -0.0383 e. The van der Waals surface area contributed by atoms with Gasteiger partial charge < -0.3 is 0 Å². The fraction of sp³-hybridized carbons (Fsp3) is 1.00. The maximum absolute atomic E-state index is 2.46. The van der Waals surface area contributed by atoms with Crippen molar-refractivity contribution in [1.82, 2.24) is 0 Å². The second-order valence-electron chi connectivity index (χ2n) is 5.57. The van der Waals surface area contributed by atoms with E-state index in [0.717, 1.165) is 23.7 Å². The Morgan fingerprint density at radius 3 is 2.00 bits per heavy atom. The Bertz CT molecular complexity index is 155. The summed E-state index contributed by atoms with van der Waals surface area (Å²) in [5, 5.41) is 0. The van der Waals surface area contributed by atoms with Gasteiger partial charge in [-0.1, -0.05) is 46.0 Å². The molecule has 0 amide bonds. The van der Waals surface area contributed by atoms with Gasteiger partial charge in [-0.05, 0) is 36.5 Å². The highest BCUT2D eigenvalue weighted by atomic mass is 14.4. The zero-order valence-electron chi connectivity index (χ0n) is 9.26. The summed E-state index contributed by atoms with van der Waals surface area (Å²) in [6.45, 7) is 4.90. The Hall–Kier alpha value is 0. The van der Waals surface area contributed by atoms with E-state index in [1.807, 2.05) is 0 Å². The van der Waals surface area contributed by atoms with Crippen molar-refractivity contribution in [2.45, 2.75) is 58.8 Å². The van der Waals surface area contributed by atoms with Crippen LogP contribution in [0, 0.1) is 23.7 Å². The van der Waals surface area contributed by atoms with Crippen LogP contribution in [0.1, 0.15) is 58.8 Å². The van der Waals surface area contributed by atoms with Crippen molar-refractivity contribution in [1.29, 1.82) is 0 Å². The fourth-order valence-corrected chi connectivity index (χ4v) is 3.45. The van der Waals surface area contributed by atoms with E-state index in [4.69, 9.17) is 0 Å². The first-order valence-corrected chi connectivity index (χ1v) is 6.27. The fourth-order valence-electron chi connectivity index (χ4n) is 3.45. The predicted molar refractivity (Wildman–Crippen MR) is 57.6 cm³/mol. The molecule has 3 unspecified atom stereocenters. The Morgan fingerprint density at radius 2 is 1.38 bits per heavy atom. The molecule has 0 heteroatoms. The highest BCUT2D eigenvalue weighted by molar-refractivity contribution is 4.82. The van der Waals surface area contributed by atoms with Gasteiger partial charge in [0.2, 0.25) is 0 Å². The molecule has 0 heterocycles. The van der Waals surface area contributed by atoms with Gasteiger partial charge in [-0.3, -0.25) is 0 Å². The van der Waals surface area contributed by atoms with Crippen LogP contribution in [-0.4, -0.2) is 0 Å². The van der Waals surface area contributed by atoms with E-state index in [9.17, 15) is 0 Å². The molecule has 2 rings (SSSR count). The quantitative estimate of drug-likeness (QED) is 0.566. The molecule has 0 aromatic heterocycles. The van der Waals surface area contributed by atoms with Gasteiger partial charge in [0.05, 0.1) is 0 Å². The average Bonchev–Trinajstić information content (AvgIpc) is 2.62. The molecular weight excluding hydrogens is 156 g/mol. The van der Waals surface area contributed by atoms with E-state index < -0.39 is 0 Å². The molecule has 13 heavy (non-hydrogen) atoms. The Morgan fingerprint density at radius 1 is 0.692 bits per heavy atom. The van der Waals surface area contributed by atoms with E-state index >= 15 is 0 Å². The minimum absolute atomic E-state index is 0.998. The molecule has 0 N–H and O–H groups in total. The van der Waals surface area contributed by atoms with E-state index in [1.54, 1.807) is 12.8 Å². The number of hydrogen-bond acceptors (Lipinski definition) is 0. The molecular formula is C13H24. The van der Waals surface area contributed by atoms with Crippen LogP contribution in [0.15, 0.2) is 0 Å². The summed E-state index contributed by atoms with van der Waals surface area (Å²) in [4.78, 5) is 0. The molecule has 0 spiro atoms. The van der Waals surface area contributed by atoms with Crippen molar-refractivity contribution in [2.24, 2.45) is 23.7 Å². The van der Waals surface area contributed by atoms with Gasteiger partial charge >= 0.3 is 0 Å². The molecule has 0 aromatic rings. The smallest absolute Gasteiger partial charge is 0.0383 e. The normalized spacial score (nSPS) is 42.5. The second kappa shape index (κ2) is 4.02. The molecule has 0 bridgehead atoms. The summed E-state index contributed by atoms with van der Waals surface area (Å²) in [5.41, 5.74) is 0. The largest absolute Gasteiger partial charge is 0.0623 e. The molecule has 2 aliphatic rings. The Labute approximate surface area is 83.1 Å². The monoisotopic (exact) mass is 180 g/mol. The van der Waals surface area contributed by atoms with E-state index in [2.05, 4.69) is 13.8 Å². The molecule has 2 saturated carbocycles. The van der Waals surface area contributed by atoms with Crippen molar-refractivity contribution in [2.75, 3.05) is 0 Å². The molecule has 2 fully saturated rings. The molecule has 0 radical (unpaired) electrons. The minimum Gasteiger partial charge on any atom is -0.0623 e. The van der Waals surface area contributed by atoms with Crippen molar-refractivity contribution in [3.63, 3.8) is 0 Å². The van der Waals surface area contributed by atoms with Gasteiger partial charge in [-0.2, -0.15) is 0 Å². The van der Waals surface area contributed by atoms with Crippen LogP contribution in [0.2, 0.25) is 0 Å². The molecule has 2 aliphatic carbocycles.